The molecule has 0 aliphatic carbocycles. The quantitative estimate of drug-likeness (QED) is 0.489. The molecule has 5 N–H and O–H groups in total. The fourth-order valence-electron chi connectivity index (χ4n) is 2.46. The van der Waals surface area contributed by atoms with Crippen LogP contribution in [0, 0.1) is 4.78 Å². The summed E-state index contributed by atoms with van der Waals surface area (Å²) in [6.07, 6.45) is -6.69. The highest BCUT2D eigenvalue weighted by molar-refractivity contribution is 7.92. The number of nitrogens with two attached hydrogens (primary N) is 1. The van der Waals surface area contributed by atoms with Crippen LogP contribution in [0.2, 0.25) is 5.02 Å². The van der Waals surface area contributed by atoms with Crippen LogP contribution in [0.15, 0.2) is 22.7 Å². The predicted molar refractivity (Wildman–Crippen MR) is 94.4 cm³/mol. The summed E-state index contributed by atoms with van der Waals surface area (Å²) in [7, 11) is -3.64. The van der Waals surface area contributed by atoms with Crippen LogP contribution in [-0.2, 0) is 20.1 Å². The zero-order chi connectivity index (χ0) is 21.3. The third-order valence-corrected chi connectivity index (χ3v) is 6.16. The number of carbonyl (C=O) groups is 1. The van der Waals surface area contributed by atoms with Crippen LogP contribution in [0.5, 0.6) is 0 Å². The van der Waals surface area contributed by atoms with Crippen molar-refractivity contribution in [3.05, 3.63) is 28.9 Å². The van der Waals surface area contributed by atoms with E-state index in [1.807, 2.05) is 0 Å². The van der Waals surface area contributed by atoms with Gasteiger partial charge in [0.25, 0.3) is 0 Å². The van der Waals surface area contributed by atoms with E-state index in [1.165, 1.54) is 18.2 Å². The standard InChI is InChI=1S/C15H17ClF3N3O5S/c16-8-1-2-9-11(7-8)27-22-12(9)14(25,15(17,18)19)4-6-28(21,26)5-3-10(20)13(23)24/h1-2,7,10,21,25H,3-6,20H2,(H,23,24)/t10-,14?,28?/m0/s1. The first kappa shape index (κ1) is 22.4. The molecule has 0 radical (unpaired) electrons. The molecule has 1 aromatic carbocycles. The molecule has 8 nitrogen and oxygen atoms in total. The van der Waals surface area contributed by atoms with Crippen molar-refractivity contribution in [2.45, 2.75) is 30.7 Å². The molecule has 0 saturated carbocycles. The maximum Gasteiger partial charge on any atom is 0.423 e. The maximum atomic E-state index is 13.7. The number of benzene rings is 1. The van der Waals surface area contributed by atoms with Gasteiger partial charge in [0, 0.05) is 44.1 Å². The van der Waals surface area contributed by atoms with Crippen molar-refractivity contribution in [1.82, 2.24) is 5.16 Å². The first-order valence-corrected chi connectivity index (χ1v) is 10.1. The Bertz CT molecular complexity index is 979. The molecule has 0 fully saturated rings. The molecule has 2 rings (SSSR count). The number of rotatable bonds is 8. The fourth-order valence-corrected chi connectivity index (χ4v) is 4.09. The number of alkyl halides is 3. The molecule has 28 heavy (non-hydrogen) atoms. The number of carboxylic acids is 1. The molecule has 0 spiro atoms. The number of hydrogen-bond acceptors (Lipinski definition) is 7. The van der Waals surface area contributed by atoms with Crippen LogP contribution in [0.4, 0.5) is 13.2 Å². The lowest BCUT2D eigenvalue weighted by Crippen LogP contribution is -2.44. The molecule has 0 saturated heterocycles. The van der Waals surface area contributed by atoms with Gasteiger partial charge in [0.2, 0.25) is 5.60 Å². The smallest absolute Gasteiger partial charge is 0.423 e. The van der Waals surface area contributed by atoms with Gasteiger partial charge in [-0.05, 0) is 18.6 Å². The first-order valence-electron chi connectivity index (χ1n) is 7.84. The number of aliphatic carboxylic acids is 1. The summed E-state index contributed by atoms with van der Waals surface area (Å²) < 4.78 is 65.7. The van der Waals surface area contributed by atoms with Gasteiger partial charge in [-0.1, -0.05) is 16.8 Å². The highest BCUT2D eigenvalue weighted by atomic mass is 35.5. The zero-order valence-electron chi connectivity index (χ0n) is 14.2. The summed E-state index contributed by atoms with van der Waals surface area (Å²) >= 11 is 5.75. The van der Waals surface area contributed by atoms with Crippen molar-refractivity contribution in [2.24, 2.45) is 5.73 Å². The van der Waals surface area contributed by atoms with Gasteiger partial charge in [-0.3, -0.25) is 9.57 Å². The fraction of sp³-hybridized carbons (Fsp3) is 0.467. The molecule has 1 heterocycles. The van der Waals surface area contributed by atoms with E-state index in [4.69, 9.17) is 31.7 Å². The molecule has 0 aliphatic heterocycles. The summed E-state index contributed by atoms with van der Waals surface area (Å²) in [5.74, 6) is -2.75. The summed E-state index contributed by atoms with van der Waals surface area (Å²) in [6, 6.07) is 2.33. The Morgan fingerprint density at radius 2 is 2.04 bits per heavy atom. The number of hydrogen-bond donors (Lipinski definition) is 4. The van der Waals surface area contributed by atoms with Crippen molar-refractivity contribution >= 4 is 38.3 Å². The molecule has 0 amide bonds. The third-order valence-electron chi connectivity index (χ3n) is 4.16. The van der Waals surface area contributed by atoms with Crippen molar-refractivity contribution < 1.29 is 36.9 Å². The molecule has 13 heteroatoms. The highest BCUT2D eigenvalue weighted by Gasteiger charge is 2.57. The number of aliphatic hydroxyl groups is 1. The van der Waals surface area contributed by atoms with Crippen molar-refractivity contribution in [1.29, 1.82) is 4.78 Å². The molecule has 3 atom stereocenters. The van der Waals surface area contributed by atoms with Crippen molar-refractivity contribution in [2.75, 3.05) is 11.5 Å². The van der Waals surface area contributed by atoms with Crippen molar-refractivity contribution in [3.8, 4) is 0 Å². The van der Waals surface area contributed by atoms with Gasteiger partial charge in [0.1, 0.15) is 11.7 Å². The van der Waals surface area contributed by atoms with E-state index < -0.39 is 57.1 Å². The summed E-state index contributed by atoms with van der Waals surface area (Å²) in [4.78, 5) is 10.7. The monoisotopic (exact) mass is 443 g/mol. The Hall–Kier alpha value is -1.89. The number of carboxylic acid groups (broad SMARTS) is 1. The van der Waals surface area contributed by atoms with Gasteiger partial charge in [-0.2, -0.15) is 13.2 Å². The normalized spacial score (nSPS) is 17.8. The highest BCUT2D eigenvalue weighted by Crippen LogP contribution is 2.44. The van der Waals surface area contributed by atoms with E-state index >= 15 is 0 Å². The van der Waals surface area contributed by atoms with Gasteiger partial charge in [-0.25, -0.2) is 4.21 Å². The van der Waals surface area contributed by atoms with E-state index in [2.05, 4.69) is 5.16 Å². The van der Waals surface area contributed by atoms with E-state index in [1.54, 1.807) is 0 Å². The van der Waals surface area contributed by atoms with E-state index in [0.29, 0.717) is 0 Å². The Labute approximate surface area is 162 Å². The van der Waals surface area contributed by atoms with Gasteiger partial charge in [0.15, 0.2) is 5.58 Å². The van der Waals surface area contributed by atoms with Crippen LogP contribution in [0.1, 0.15) is 18.5 Å². The van der Waals surface area contributed by atoms with Gasteiger partial charge in [0.05, 0.1) is 0 Å². The number of nitrogens with one attached hydrogen (secondary N) is 1. The zero-order valence-corrected chi connectivity index (χ0v) is 15.8. The Balaban J connectivity index is 2.30. The van der Waals surface area contributed by atoms with Gasteiger partial charge >= 0.3 is 12.1 Å². The molecular formula is C15H17ClF3N3O5S. The largest absolute Gasteiger partial charge is 0.480 e. The number of nitrogens with zero attached hydrogens (tertiary/aromatic N) is 1. The minimum absolute atomic E-state index is 0.0794. The molecular weight excluding hydrogens is 427 g/mol. The van der Waals surface area contributed by atoms with Crippen LogP contribution < -0.4 is 5.73 Å². The van der Waals surface area contributed by atoms with E-state index in [9.17, 15) is 27.3 Å². The predicted octanol–water partition coefficient (Wildman–Crippen LogP) is 2.47. The molecule has 2 unspecified atom stereocenters. The molecule has 0 aliphatic rings. The number of fused-ring (bicyclic) bond motifs is 1. The maximum absolute atomic E-state index is 13.7. The lowest BCUT2D eigenvalue weighted by Gasteiger charge is -2.29. The Morgan fingerprint density at radius 1 is 1.39 bits per heavy atom. The number of aromatic nitrogens is 1. The lowest BCUT2D eigenvalue weighted by molar-refractivity contribution is -0.268. The SMILES string of the molecule is N=S(=O)(CC[C@H](N)C(=O)O)CCC(O)(c1noc2cc(Cl)ccc12)C(F)(F)F. The summed E-state index contributed by atoms with van der Waals surface area (Å²) in [5.41, 5.74) is 0.823. The average molecular weight is 444 g/mol. The molecule has 2 aromatic rings. The third kappa shape index (κ3) is 4.74. The van der Waals surface area contributed by atoms with E-state index in [0.717, 1.165) is 0 Å². The van der Waals surface area contributed by atoms with Crippen LogP contribution in [0.3, 0.4) is 0 Å². The molecule has 156 valence electrons. The van der Waals surface area contributed by atoms with E-state index in [-0.39, 0.29) is 22.4 Å². The minimum atomic E-state index is -5.20. The van der Waals surface area contributed by atoms with Crippen LogP contribution in [-0.4, -0.2) is 49.3 Å². The Kier molecular flexibility index (Phi) is 6.28. The first-order chi connectivity index (χ1) is 12.8. The molecule has 1 aromatic heterocycles. The lowest BCUT2D eigenvalue weighted by atomic mass is 9.93. The second kappa shape index (κ2) is 7.85. The average Bonchev–Trinajstić information content (AvgIpc) is 3.00. The second-order valence-electron chi connectivity index (χ2n) is 6.23. The minimum Gasteiger partial charge on any atom is -0.480 e. The topological polar surface area (TPSA) is 150 Å². The van der Waals surface area contributed by atoms with Gasteiger partial charge in [-0.15, -0.1) is 0 Å². The van der Waals surface area contributed by atoms with Crippen LogP contribution in [0.25, 0.3) is 11.0 Å². The molecule has 0 bridgehead atoms. The summed E-state index contributed by atoms with van der Waals surface area (Å²) in [5, 5.41) is 22.5. The van der Waals surface area contributed by atoms with Crippen molar-refractivity contribution in [3.63, 3.8) is 0 Å². The number of halogens is 4. The van der Waals surface area contributed by atoms with Gasteiger partial charge < -0.3 is 20.5 Å². The Morgan fingerprint density at radius 3 is 2.61 bits per heavy atom. The second-order valence-corrected chi connectivity index (χ2v) is 9.11. The summed E-state index contributed by atoms with van der Waals surface area (Å²) in [6.45, 7) is 0. The van der Waals surface area contributed by atoms with Crippen LogP contribution >= 0.6 is 11.6 Å².